The van der Waals surface area contributed by atoms with Crippen LogP contribution in [0.25, 0.3) is 0 Å². The van der Waals surface area contributed by atoms with Crippen LogP contribution in [0, 0.1) is 5.82 Å². The Morgan fingerprint density at radius 1 is 1.28 bits per heavy atom. The summed E-state index contributed by atoms with van der Waals surface area (Å²) < 4.78 is 55.8. The molecule has 18 heavy (non-hydrogen) atoms. The summed E-state index contributed by atoms with van der Waals surface area (Å²) in [6.07, 6.45) is -4.79. The lowest BCUT2D eigenvalue weighted by molar-refractivity contribution is -0.325. The van der Waals surface area contributed by atoms with Crippen LogP contribution in [-0.4, -0.2) is 30.7 Å². The molecule has 1 aromatic carbocycles. The fraction of sp³-hybridized carbons (Fsp3) is 0.300. The predicted molar refractivity (Wildman–Crippen MR) is 50.9 cm³/mol. The Labute approximate surface area is 98.7 Å². The maximum Gasteiger partial charge on any atom is 0.522 e. The molecule has 0 aliphatic rings. The zero-order valence-electron chi connectivity index (χ0n) is 8.83. The van der Waals surface area contributed by atoms with Crippen LogP contribution in [0.15, 0.2) is 18.2 Å². The van der Waals surface area contributed by atoms with Gasteiger partial charge in [0.15, 0.2) is 0 Å². The molecule has 0 aromatic heterocycles. The monoisotopic (exact) mass is 268 g/mol. The van der Waals surface area contributed by atoms with Gasteiger partial charge in [-0.25, -0.2) is 9.18 Å². The highest BCUT2D eigenvalue weighted by atomic mass is 19.4. The third-order valence-electron chi connectivity index (χ3n) is 1.78. The first kappa shape index (κ1) is 14.2. The van der Waals surface area contributed by atoms with E-state index in [4.69, 9.17) is 9.84 Å². The summed E-state index contributed by atoms with van der Waals surface area (Å²) in [5.41, 5.74) is -0.344. The van der Waals surface area contributed by atoms with Crippen LogP contribution in [0.4, 0.5) is 17.6 Å². The van der Waals surface area contributed by atoms with Crippen molar-refractivity contribution < 1.29 is 36.9 Å². The Bertz CT molecular complexity index is 430. The molecule has 1 rings (SSSR count). The Morgan fingerprint density at radius 3 is 2.50 bits per heavy atom. The molecule has 0 unspecified atom stereocenters. The number of hydrogen-bond acceptors (Lipinski definition) is 3. The summed E-state index contributed by atoms with van der Waals surface area (Å²) in [6.45, 7) is -1.37. The number of benzene rings is 1. The van der Waals surface area contributed by atoms with Gasteiger partial charge in [-0.1, -0.05) is 0 Å². The minimum atomic E-state index is -4.79. The van der Waals surface area contributed by atoms with Gasteiger partial charge in [-0.05, 0) is 12.1 Å². The van der Waals surface area contributed by atoms with Crippen molar-refractivity contribution in [2.45, 2.75) is 6.36 Å². The molecular formula is C10H8F4O4. The second-order valence-electron chi connectivity index (χ2n) is 3.09. The zero-order chi connectivity index (χ0) is 13.8. The van der Waals surface area contributed by atoms with Gasteiger partial charge in [0.05, 0.1) is 6.61 Å². The number of aromatic carboxylic acids is 1. The van der Waals surface area contributed by atoms with E-state index < -0.39 is 31.4 Å². The number of alkyl halides is 3. The summed E-state index contributed by atoms with van der Waals surface area (Å²) in [5, 5.41) is 8.73. The van der Waals surface area contributed by atoms with Gasteiger partial charge in [0.2, 0.25) is 0 Å². The first-order chi connectivity index (χ1) is 8.29. The van der Waals surface area contributed by atoms with Crippen molar-refractivity contribution in [1.29, 1.82) is 0 Å². The maximum absolute atomic E-state index is 12.8. The minimum Gasteiger partial charge on any atom is -0.490 e. The van der Waals surface area contributed by atoms with Crippen molar-refractivity contribution >= 4 is 5.97 Å². The number of carboxylic acid groups (broad SMARTS) is 1. The Hall–Kier alpha value is -1.83. The lowest BCUT2D eigenvalue weighted by atomic mass is 10.2. The van der Waals surface area contributed by atoms with Crippen LogP contribution < -0.4 is 4.74 Å². The second-order valence-corrected chi connectivity index (χ2v) is 3.09. The van der Waals surface area contributed by atoms with Crippen molar-refractivity contribution in [2.24, 2.45) is 0 Å². The van der Waals surface area contributed by atoms with E-state index in [2.05, 4.69) is 4.74 Å². The minimum absolute atomic E-state index is 0.344. The van der Waals surface area contributed by atoms with Crippen LogP contribution in [-0.2, 0) is 4.74 Å². The molecule has 0 bridgehead atoms. The molecule has 0 saturated heterocycles. The molecule has 1 N–H and O–H groups in total. The van der Waals surface area contributed by atoms with Crippen molar-refractivity contribution in [1.82, 2.24) is 0 Å². The van der Waals surface area contributed by atoms with Gasteiger partial charge in [0, 0.05) is 6.07 Å². The highest BCUT2D eigenvalue weighted by molar-refractivity contribution is 5.90. The second kappa shape index (κ2) is 5.67. The van der Waals surface area contributed by atoms with E-state index in [1.54, 1.807) is 0 Å². The van der Waals surface area contributed by atoms with Crippen LogP contribution >= 0.6 is 0 Å². The van der Waals surface area contributed by atoms with E-state index in [-0.39, 0.29) is 11.3 Å². The molecule has 0 spiro atoms. The van der Waals surface area contributed by atoms with E-state index in [1.165, 1.54) is 0 Å². The summed E-state index contributed by atoms with van der Waals surface area (Å²) in [6, 6.07) is 2.64. The third kappa shape index (κ3) is 4.58. The molecule has 0 fully saturated rings. The molecule has 0 aliphatic heterocycles. The molecule has 8 heteroatoms. The standard InChI is InChI=1S/C10H8F4O4/c11-6-1-2-7(9(15)16)8(5-6)17-3-4-18-10(12,13)14/h1-2,5H,3-4H2,(H,15,16). The highest BCUT2D eigenvalue weighted by Gasteiger charge is 2.28. The van der Waals surface area contributed by atoms with Gasteiger partial charge in [-0.2, -0.15) is 0 Å². The lowest BCUT2D eigenvalue weighted by Crippen LogP contribution is -2.18. The van der Waals surface area contributed by atoms with Crippen LogP contribution in [0.3, 0.4) is 0 Å². The maximum atomic E-state index is 12.8. The average Bonchev–Trinajstić information content (AvgIpc) is 2.22. The van der Waals surface area contributed by atoms with Crippen molar-refractivity contribution in [3.63, 3.8) is 0 Å². The number of carboxylic acids is 1. The largest absolute Gasteiger partial charge is 0.522 e. The van der Waals surface area contributed by atoms with Crippen LogP contribution in [0.1, 0.15) is 10.4 Å². The SMILES string of the molecule is O=C(O)c1ccc(F)cc1OCCOC(F)(F)F. The third-order valence-corrected chi connectivity index (χ3v) is 1.78. The number of ether oxygens (including phenoxy) is 2. The molecule has 100 valence electrons. The van der Waals surface area contributed by atoms with Crippen molar-refractivity contribution in [3.8, 4) is 5.75 Å². The van der Waals surface area contributed by atoms with Gasteiger partial charge >= 0.3 is 12.3 Å². The Morgan fingerprint density at radius 2 is 1.94 bits per heavy atom. The molecule has 0 radical (unpaired) electrons. The van der Waals surface area contributed by atoms with Gasteiger partial charge in [0.1, 0.15) is 23.7 Å². The van der Waals surface area contributed by atoms with Gasteiger partial charge in [0.25, 0.3) is 0 Å². The Balaban J connectivity index is 2.61. The fourth-order valence-electron chi connectivity index (χ4n) is 1.10. The quantitative estimate of drug-likeness (QED) is 0.658. The van der Waals surface area contributed by atoms with Gasteiger partial charge in [-0.15, -0.1) is 13.2 Å². The summed E-state index contributed by atoms with van der Waals surface area (Å²) >= 11 is 0. The molecule has 4 nitrogen and oxygen atoms in total. The molecule has 0 saturated carbocycles. The number of carbonyl (C=O) groups is 1. The van der Waals surface area contributed by atoms with E-state index in [0.717, 1.165) is 18.2 Å². The molecule has 0 atom stereocenters. The molecule has 0 aliphatic carbocycles. The van der Waals surface area contributed by atoms with Crippen molar-refractivity contribution in [2.75, 3.05) is 13.2 Å². The average molecular weight is 268 g/mol. The summed E-state index contributed by atoms with van der Waals surface area (Å²) in [5.74, 6) is -2.48. The molecule has 0 heterocycles. The van der Waals surface area contributed by atoms with Crippen LogP contribution in [0.2, 0.25) is 0 Å². The first-order valence-electron chi connectivity index (χ1n) is 4.66. The first-order valence-corrected chi connectivity index (χ1v) is 4.66. The molecule has 0 amide bonds. The number of halogens is 4. The summed E-state index contributed by atoms with van der Waals surface area (Å²) in [7, 11) is 0. The van der Waals surface area contributed by atoms with Gasteiger partial charge in [-0.3, -0.25) is 4.74 Å². The van der Waals surface area contributed by atoms with Crippen molar-refractivity contribution in [3.05, 3.63) is 29.6 Å². The van der Waals surface area contributed by atoms with E-state index in [1.807, 2.05) is 0 Å². The Kier molecular flexibility index (Phi) is 4.49. The molecule has 1 aromatic rings. The van der Waals surface area contributed by atoms with E-state index in [0.29, 0.717) is 0 Å². The predicted octanol–water partition coefficient (Wildman–Crippen LogP) is 2.44. The summed E-state index contributed by atoms with van der Waals surface area (Å²) in [4.78, 5) is 10.7. The van der Waals surface area contributed by atoms with Crippen LogP contribution in [0.5, 0.6) is 5.75 Å². The fourth-order valence-corrected chi connectivity index (χ4v) is 1.10. The topological polar surface area (TPSA) is 55.8 Å². The molecular weight excluding hydrogens is 260 g/mol. The zero-order valence-corrected chi connectivity index (χ0v) is 8.83. The highest BCUT2D eigenvalue weighted by Crippen LogP contribution is 2.20. The normalized spacial score (nSPS) is 11.3. The lowest BCUT2D eigenvalue weighted by Gasteiger charge is -2.10. The van der Waals surface area contributed by atoms with E-state index in [9.17, 15) is 22.4 Å². The van der Waals surface area contributed by atoms with E-state index >= 15 is 0 Å². The smallest absolute Gasteiger partial charge is 0.490 e. The number of hydrogen-bond donors (Lipinski definition) is 1. The van der Waals surface area contributed by atoms with Gasteiger partial charge < -0.3 is 9.84 Å². The number of rotatable bonds is 5.